The Balaban J connectivity index is 2.61. The van der Waals surface area contributed by atoms with Crippen molar-refractivity contribution in [2.75, 3.05) is 6.54 Å². The second-order valence-electron chi connectivity index (χ2n) is 4.62. The number of nitrogens with one attached hydrogen (secondary N) is 1. The third-order valence-electron chi connectivity index (χ3n) is 3.21. The van der Waals surface area contributed by atoms with Gasteiger partial charge in [0.1, 0.15) is 0 Å². The average molecular weight is 299 g/mol. The van der Waals surface area contributed by atoms with E-state index in [0.29, 0.717) is 12.0 Å². The summed E-state index contributed by atoms with van der Waals surface area (Å²) >= 11 is 3.42. The molecule has 96 valence electrons. The largest absolute Gasteiger partial charge is 0.313 e. The lowest BCUT2D eigenvalue weighted by molar-refractivity contribution is 0.362. The van der Waals surface area contributed by atoms with Crippen molar-refractivity contribution in [3.8, 4) is 0 Å². The highest BCUT2D eigenvalue weighted by Gasteiger charge is 2.15. The van der Waals surface area contributed by atoms with Crippen LogP contribution in [0.2, 0.25) is 0 Å². The normalized spacial score (nSPS) is 14.6. The average Bonchev–Trinajstić information content (AvgIpc) is 2.36. The van der Waals surface area contributed by atoms with Gasteiger partial charge in [-0.2, -0.15) is 0 Å². The van der Waals surface area contributed by atoms with Crippen LogP contribution in [0.3, 0.4) is 0 Å². The van der Waals surface area contributed by atoms with Crippen molar-refractivity contribution < 1.29 is 0 Å². The predicted octanol–water partition coefficient (Wildman–Crippen LogP) is 3.80. The van der Waals surface area contributed by atoms with Gasteiger partial charge in [0, 0.05) is 28.8 Å². The molecule has 0 radical (unpaired) electrons. The summed E-state index contributed by atoms with van der Waals surface area (Å²) in [6.45, 7) is 7.86. The monoisotopic (exact) mass is 298 g/mol. The van der Waals surface area contributed by atoms with Crippen molar-refractivity contribution in [3.05, 3.63) is 28.5 Å². The van der Waals surface area contributed by atoms with E-state index in [1.165, 1.54) is 18.5 Å². The number of rotatable bonds is 7. The summed E-state index contributed by atoms with van der Waals surface area (Å²) in [6, 6.07) is 4.71. The van der Waals surface area contributed by atoms with Gasteiger partial charge in [-0.05, 0) is 46.9 Å². The second-order valence-corrected chi connectivity index (χ2v) is 5.53. The highest BCUT2D eigenvalue weighted by atomic mass is 79.9. The minimum absolute atomic E-state index is 0.536. The standard InChI is InChI=1S/C14H23BrN2/c1-4-8-16-14(11(3)5-2)9-13-7-6-12(15)10-17-13/h6-7,10-11,14,16H,4-5,8-9H2,1-3H3. The molecule has 0 aliphatic carbocycles. The maximum atomic E-state index is 4.46. The van der Waals surface area contributed by atoms with Gasteiger partial charge < -0.3 is 5.32 Å². The number of halogens is 1. The van der Waals surface area contributed by atoms with Crippen LogP contribution >= 0.6 is 15.9 Å². The summed E-state index contributed by atoms with van der Waals surface area (Å²) in [6.07, 6.45) is 5.28. The summed E-state index contributed by atoms with van der Waals surface area (Å²) < 4.78 is 1.04. The molecule has 0 fully saturated rings. The minimum atomic E-state index is 0.536. The Morgan fingerprint density at radius 1 is 1.35 bits per heavy atom. The van der Waals surface area contributed by atoms with E-state index < -0.39 is 0 Å². The lowest BCUT2D eigenvalue weighted by atomic mass is 9.94. The van der Waals surface area contributed by atoms with E-state index >= 15 is 0 Å². The summed E-state index contributed by atoms with van der Waals surface area (Å²) in [7, 11) is 0. The van der Waals surface area contributed by atoms with Gasteiger partial charge in [-0.1, -0.05) is 27.2 Å². The van der Waals surface area contributed by atoms with E-state index in [-0.39, 0.29) is 0 Å². The van der Waals surface area contributed by atoms with Gasteiger partial charge in [0.25, 0.3) is 0 Å². The molecular formula is C14H23BrN2. The van der Waals surface area contributed by atoms with Crippen LogP contribution in [0.15, 0.2) is 22.8 Å². The molecule has 0 aliphatic heterocycles. The molecule has 0 saturated heterocycles. The van der Waals surface area contributed by atoms with Gasteiger partial charge in [0.2, 0.25) is 0 Å². The van der Waals surface area contributed by atoms with Crippen LogP contribution in [0.5, 0.6) is 0 Å². The van der Waals surface area contributed by atoms with Crippen LogP contribution in [0.25, 0.3) is 0 Å². The fraction of sp³-hybridized carbons (Fsp3) is 0.643. The van der Waals surface area contributed by atoms with Crippen molar-refractivity contribution in [1.29, 1.82) is 0 Å². The van der Waals surface area contributed by atoms with Gasteiger partial charge in [0.05, 0.1) is 0 Å². The number of hydrogen-bond acceptors (Lipinski definition) is 2. The third kappa shape index (κ3) is 5.17. The fourth-order valence-corrected chi connectivity index (χ4v) is 2.08. The maximum Gasteiger partial charge on any atom is 0.0420 e. The van der Waals surface area contributed by atoms with Gasteiger partial charge >= 0.3 is 0 Å². The number of pyridine rings is 1. The molecule has 2 atom stereocenters. The number of nitrogens with zero attached hydrogens (tertiary/aromatic N) is 1. The highest BCUT2D eigenvalue weighted by Crippen LogP contribution is 2.14. The first-order chi connectivity index (χ1) is 8.17. The van der Waals surface area contributed by atoms with E-state index in [4.69, 9.17) is 0 Å². The Labute approximate surface area is 113 Å². The molecular weight excluding hydrogens is 276 g/mol. The van der Waals surface area contributed by atoms with Gasteiger partial charge in [-0.15, -0.1) is 0 Å². The molecule has 17 heavy (non-hydrogen) atoms. The molecule has 1 heterocycles. The first-order valence-corrected chi connectivity index (χ1v) is 7.30. The molecule has 1 N–H and O–H groups in total. The highest BCUT2D eigenvalue weighted by molar-refractivity contribution is 9.10. The van der Waals surface area contributed by atoms with Crippen LogP contribution in [-0.2, 0) is 6.42 Å². The second kappa shape index (κ2) is 7.83. The van der Waals surface area contributed by atoms with Crippen molar-refractivity contribution in [2.45, 2.75) is 46.1 Å². The SMILES string of the molecule is CCCNC(Cc1ccc(Br)cn1)C(C)CC. The predicted molar refractivity (Wildman–Crippen MR) is 77.2 cm³/mol. The van der Waals surface area contributed by atoms with E-state index in [1.807, 2.05) is 6.20 Å². The lowest BCUT2D eigenvalue weighted by Crippen LogP contribution is -2.37. The summed E-state index contributed by atoms with van der Waals surface area (Å²) in [5.74, 6) is 0.687. The summed E-state index contributed by atoms with van der Waals surface area (Å²) in [4.78, 5) is 4.46. The molecule has 1 rings (SSSR count). The Morgan fingerprint density at radius 3 is 2.65 bits per heavy atom. The van der Waals surface area contributed by atoms with Gasteiger partial charge in [-0.3, -0.25) is 4.98 Å². The molecule has 3 heteroatoms. The first kappa shape index (κ1) is 14.7. The molecule has 0 bridgehead atoms. The summed E-state index contributed by atoms with van der Waals surface area (Å²) in [5, 5.41) is 3.63. The van der Waals surface area contributed by atoms with Crippen molar-refractivity contribution in [2.24, 2.45) is 5.92 Å². The third-order valence-corrected chi connectivity index (χ3v) is 3.67. The van der Waals surface area contributed by atoms with Gasteiger partial charge in [-0.25, -0.2) is 0 Å². The van der Waals surface area contributed by atoms with Crippen molar-refractivity contribution >= 4 is 15.9 Å². The Morgan fingerprint density at radius 2 is 2.12 bits per heavy atom. The smallest absolute Gasteiger partial charge is 0.0420 e. The van der Waals surface area contributed by atoms with Crippen LogP contribution in [0.1, 0.15) is 39.3 Å². The number of hydrogen-bond donors (Lipinski definition) is 1. The van der Waals surface area contributed by atoms with E-state index in [9.17, 15) is 0 Å². The van der Waals surface area contributed by atoms with Crippen LogP contribution in [-0.4, -0.2) is 17.6 Å². The van der Waals surface area contributed by atoms with E-state index in [2.05, 4.69) is 59.1 Å². The van der Waals surface area contributed by atoms with E-state index in [0.717, 1.165) is 17.4 Å². The molecule has 0 aromatic carbocycles. The molecule has 1 aromatic rings. The molecule has 2 nitrogen and oxygen atoms in total. The Hall–Kier alpha value is -0.410. The summed E-state index contributed by atoms with van der Waals surface area (Å²) in [5.41, 5.74) is 1.17. The molecule has 0 aliphatic rings. The maximum absolute atomic E-state index is 4.46. The quantitative estimate of drug-likeness (QED) is 0.828. The Kier molecular flexibility index (Phi) is 6.75. The molecule has 0 spiro atoms. The van der Waals surface area contributed by atoms with E-state index in [1.54, 1.807) is 0 Å². The van der Waals surface area contributed by atoms with Gasteiger partial charge in [0.15, 0.2) is 0 Å². The minimum Gasteiger partial charge on any atom is -0.313 e. The van der Waals surface area contributed by atoms with Crippen molar-refractivity contribution in [3.63, 3.8) is 0 Å². The molecule has 2 unspecified atom stereocenters. The zero-order valence-corrected chi connectivity index (χ0v) is 12.6. The first-order valence-electron chi connectivity index (χ1n) is 6.51. The fourth-order valence-electron chi connectivity index (χ4n) is 1.84. The van der Waals surface area contributed by atoms with Crippen LogP contribution in [0.4, 0.5) is 0 Å². The topological polar surface area (TPSA) is 24.9 Å². The van der Waals surface area contributed by atoms with Crippen LogP contribution < -0.4 is 5.32 Å². The zero-order chi connectivity index (χ0) is 12.7. The Bertz CT molecular complexity index is 311. The molecule has 0 amide bonds. The van der Waals surface area contributed by atoms with Crippen molar-refractivity contribution in [1.82, 2.24) is 10.3 Å². The molecule has 0 saturated carbocycles. The number of aromatic nitrogens is 1. The van der Waals surface area contributed by atoms with Crippen LogP contribution in [0, 0.1) is 5.92 Å². The molecule has 1 aromatic heterocycles. The zero-order valence-electron chi connectivity index (χ0n) is 11.0. The lowest BCUT2D eigenvalue weighted by Gasteiger charge is -2.24.